The lowest BCUT2D eigenvalue weighted by molar-refractivity contribution is -0.314. The summed E-state index contributed by atoms with van der Waals surface area (Å²) in [5.74, 6) is -2.39. The third-order valence-electron chi connectivity index (χ3n) is 4.99. The molecule has 1 saturated heterocycles. The fourth-order valence-electron chi connectivity index (χ4n) is 3.25. The smallest absolute Gasteiger partial charge is 0.434 e. The van der Waals surface area contributed by atoms with Gasteiger partial charge in [-0.3, -0.25) is 4.79 Å². The Morgan fingerprint density at radius 2 is 1.69 bits per heavy atom. The number of hydrogen-bond donors (Lipinski definition) is 2. The molecule has 3 rings (SSSR count). The maximum Gasteiger partial charge on any atom is 0.434 e. The van der Waals surface area contributed by atoms with Crippen molar-refractivity contribution in [3.8, 4) is 0 Å². The summed E-state index contributed by atoms with van der Waals surface area (Å²) in [6.45, 7) is -0.0621. The Hall–Kier alpha value is -2.38. The number of sulfonamides is 1. The quantitative estimate of drug-likeness (QED) is 0.466. The molecule has 0 amide bonds. The summed E-state index contributed by atoms with van der Waals surface area (Å²) in [5.41, 5.74) is 0. The van der Waals surface area contributed by atoms with Gasteiger partial charge in [0.25, 0.3) is 6.10 Å². The van der Waals surface area contributed by atoms with Crippen LogP contribution in [0.1, 0.15) is 6.42 Å². The van der Waals surface area contributed by atoms with Crippen LogP contribution in [0.5, 0.6) is 0 Å². The van der Waals surface area contributed by atoms with Crippen LogP contribution in [0.25, 0.3) is 10.8 Å². The number of rotatable bonds is 7. The number of nitrogens with one attached hydrogen (secondary N) is 2. The highest BCUT2D eigenvalue weighted by atomic mass is 32.2. The van der Waals surface area contributed by atoms with Gasteiger partial charge in [-0.15, -0.1) is 0 Å². The molecule has 13 heteroatoms. The third kappa shape index (κ3) is 5.51. The molecule has 32 heavy (non-hydrogen) atoms. The number of carbonyl (C=O) groups excluding carboxylic acids is 1. The molecule has 0 bridgehead atoms. The number of halogens is 6. The van der Waals surface area contributed by atoms with E-state index in [2.05, 4.69) is 14.8 Å². The summed E-state index contributed by atoms with van der Waals surface area (Å²) >= 11 is 0. The van der Waals surface area contributed by atoms with Crippen molar-refractivity contribution in [1.29, 1.82) is 0 Å². The molecule has 0 saturated carbocycles. The molecule has 1 aliphatic rings. The molecule has 0 aliphatic carbocycles. The first-order chi connectivity index (χ1) is 14.8. The van der Waals surface area contributed by atoms with Gasteiger partial charge >= 0.3 is 18.3 Å². The van der Waals surface area contributed by atoms with Crippen LogP contribution in [0.15, 0.2) is 47.4 Å². The van der Waals surface area contributed by atoms with Crippen LogP contribution >= 0.6 is 0 Å². The zero-order valence-corrected chi connectivity index (χ0v) is 17.0. The average molecular weight is 484 g/mol. The number of benzene rings is 2. The van der Waals surface area contributed by atoms with Gasteiger partial charge < -0.3 is 10.1 Å². The zero-order valence-electron chi connectivity index (χ0n) is 16.2. The van der Waals surface area contributed by atoms with Crippen molar-refractivity contribution in [2.24, 2.45) is 5.92 Å². The second-order valence-corrected chi connectivity index (χ2v) is 9.01. The second-order valence-electron chi connectivity index (χ2n) is 7.24. The standard InChI is InChI=1S/C19H18F6N2O4S/c20-18(21,22)17(19(23,24)25)31-16(28)15-13(10-26-15)7-8-27-32(29,30)14-6-5-11-3-1-2-4-12(11)9-14/h1-6,9,13,15,17,26-27H,7-8,10H2. The fourth-order valence-corrected chi connectivity index (χ4v) is 4.33. The SMILES string of the molecule is O=C(OC(C(F)(F)F)C(F)(F)F)C1NCC1CCNS(=O)(=O)c1ccc2ccccc2c1. The van der Waals surface area contributed by atoms with E-state index >= 15 is 0 Å². The molecule has 2 atom stereocenters. The minimum atomic E-state index is -5.80. The molecule has 1 fully saturated rings. The summed E-state index contributed by atoms with van der Waals surface area (Å²) in [4.78, 5) is 11.8. The summed E-state index contributed by atoms with van der Waals surface area (Å²) < 4.78 is 106. The Morgan fingerprint density at radius 3 is 2.25 bits per heavy atom. The van der Waals surface area contributed by atoms with E-state index in [9.17, 15) is 39.6 Å². The third-order valence-corrected chi connectivity index (χ3v) is 6.45. The van der Waals surface area contributed by atoms with Gasteiger partial charge in [-0.1, -0.05) is 30.3 Å². The monoisotopic (exact) mass is 484 g/mol. The Morgan fingerprint density at radius 1 is 1.06 bits per heavy atom. The summed E-state index contributed by atoms with van der Waals surface area (Å²) in [6, 6.07) is 10.2. The van der Waals surface area contributed by atoms with E-state index in [0.717, 1.165) is 5.39 Å². The minimum absolute atomic E-state index is 0.00226. The number of alkyl halides is 6. The van der Waals surface area contributed by atoms with Crippen molar-refractivity contribution < 1.29 is 44.3 Å². The van der Waals surface area contributed by atoms with Crippen LogP contribution in [-0.4, -0.2) is 52.0 Å². The Bertz CT molecular complexity index is 1070. The van der Waals surface area contributed by atoms with Gasteiger partial charge in [0.2, 0.25) is 10.0 Å². The Balaban J connectivity index is 1.57. The van der Waals surface area contributed by atoms with E-state index in [1.54, 1.807) is 24.3 Å². The van der Waals surface area contributed by atoms with Gasteiger partial charge in [-0.25, -0.2) is 13.1 Å². The summed E-state index contributed by atoms with van der Waals surface area (Å²) in [6.07, 6.45) is -15.8. The van der Waals surface area contributed by atoms with Crippen LogP contribution in [0, 0.1) is 5.92 Å². The van der Waals surface area contributed by atoms with Gasteiger partial charge in [-0.05, 0) is 35.2 Å². The van der Waals surface area contributed by atoms with Gasteiger partial charge in [-0.2, -0.15) is 26.3 Å². The van der Waals surface area contributed by atoms with Crippen molar-refractivity contribution in [1.82, 2.24) is 10.0 Å². The van der Waals surface area contributed by atoms with Crippen LogP contribution in [0.4, 0.5) is 26.3 Å². The second kappa shape index (κ2) is 8.87. The van der Waals surface area contributed by atoms with Crippen LogP contribution in [0.2, 0.25) is 0 Å². The highest BCUT2D eigenvalue weighted by Gasteiger charge is 2.60. The van der Waals surface area contributed by atoms with Crippen molar-refractivity contribution in [2.75, 3.05) is 13.1 Å². The van der Waals surface area contributed by atoms with E-state index in [4.69, 9.17) is 0 Å². The highest BCUT2D eigenvalue weighted by molar-refractivity contribution is 7.89. The first-order valence-electron chi connectivity index (χ1n) is 9.35. The predicted octanol–water partition coefficient (Wildman–Crippen LogP) is 3.13. The van der Waals surface area contributed by atoms with Gasteiger partial charge in [0.1, 0.15) is 6.04 Å². The lowest BCUT2D eigenvalue weighted by Gasteiger charge is -2.37. The number of fused-ring (bicyclic) bond motifs is 1. The van der Waals surface area contributed by atoms with Crippen molar-refractivity contribution >= 4 is 26.8 Å². The van der Waals surface area contributed by atoms with Crippen molar-refractivity contribution in [2.45, 2.75) is 35.8 Å². The Kier molecular flexibility index (Phi) is 6.72. The number of ether oxygens (including phenoxy) is 1. The number of hydrogen-bond acceptors (Lipinski definition) is 5. The minimum Gasteiger partial charge on any atom is -0.442 e. The molecule has 0 spiro atoms. The fraction of sp³-hybridized carbons (Fsp3) is 0.421. The largest absolute Gasteiger partial charge is 0.442 e. The zero-order chi connectivity index (χ0) is 23.7. The lowest BCUT2D eigenvalue weighted by Crippen LogP contribution is -2.60. The summed E-state index contributed by atoms with van der Waals surface area (Å²) in [5, 5.41) is 3.95. The first-order valence-corrected chi connectivity index (χ1v) is 10.8. The maximum absolute atomic E-state index is 12.6. The molecule has 2 aromatic carbocycles. The number of esters is 1. The Labute approximate surface area is 179 Å². The molecule has 0 aromatic heterocycles. The molecule has 1 aliphatic heterocycles. The van der Waals surface area contributed by atoms with Crippen molar-refractivity contribution in [3.05, 3.63) is 42.5 Å². The molecule has 176 valence electrons. The predicted molar refractivity (Wildman–Crippen MR) is 101 cm³/mol. The number of carbonyl (C=O) groups is 1. The molecule has 6 nitrogen and oxygen atoms in total. The van der Waals surface area contributed by atoms with E-state index < -0.39 is 46.4 Å². The molecular weight excluding hydrogens is 466 g/mol. The first kappa shape index (κ1) is 24.3. The molecule has 2 N–H and O–H groups in total. The normalized spacial score (nSPS) is 19.7. The summed E-state index contributed by atoms with van der Waals surface area (Å²) in [7, 11) is -3.91. The topological polar surface area (TPSA) is 84.5 Å². The van der Waals surface area contributed by atoms with Crippen LogP contribution in [0.3, 0.4) is 0 Å². The molecule has 2 unspecified atom stereocenters. The maximum atomic E-state index is 12.6. The van der Waals surface area contributed by atoms with Gasteiger partial charge in [0, 0.05) is 13.1 Å². The molecule has 0 radical (unpaired) electrons. The molecular formula is C19H18F6N2O4S. The molecule has 2 aromatic rings. The van der Waals surface area contributed by atoms with Crippen LogP contribution < -0.4 is 10.0 Å². The van der Waals surface area contributed by atoms with E-state index in [0.29, 0.717) is 5.39 Å². The molecule has 1 heterocycles. The highest BCUT2D eigenvalue weighted by Crippen LogP contribution is 2.36. The van der Waals surface area contributed by atoms with Gasteiger partial charge in [0.15, 0.2) is 0 Å². The average Bonchev–Trinajstić information content (AvgIpc) is 2.66. The van der Waals surface area contributed by atoms with E-state index in [1.165, 1.54) is 12.1 Å². The van der Waals surface area contributed by atoms with E-state index in [-0.39, 0.29) is 24.4 Å². The van der Waals surface area contributed by atoms with Crippen LogP contribution in [-0.2, 0) is 19.6 Å². The lowest BCUT2D eigenvalue weighted by atomic mass is 9.88. The van der Waals surface area contributed by atoms with Gasteiger partial charge in [0.05, 0.1) is 4.90 Å². The van der Waals surface area contributed by atoms with Crippen molar-refractivity contribution in [3.63, 3.8) is 0 Å². The van der Waals surface area contributed by atoms with E-state index in [1.807, 2.05) is 6.07 Å².